The number of carboxylic acids is 1. The SMILES string of the molecule is COc1ccc(C#N)c(NC(C(=O)O)c2ccccc2)c1. The highest BCUT2D eigenvalue weighted by Crippen LogP contribution is 2.26. The first-order valence-corrected chi connectivity index (χ1v) is 6.28. The fourth-order valence-corrected chi connectivity index (χ4v) is 1.96. The monoisotopic (exact) mass is 282 g/mol. The number of hydrogen-bond donors (Lipinski definition) is 2. The van der Waals surface area contributed by atoms with Gasteiger partial charge in [-0.2, -0.15) is 5.26 Å². The van der Waals surface area contributed by atoms with Gasteiger partial charge in [0.2, 0.25) is 0 Å². The van der Waals surface area contributed by atoms with Crippen LogP contribution < -0.4 is 10.1 Å². The molecule has 0 aliphatic heterocycles. The van der Waals surface area contributed by atoms with Crippen LogP contribution in [0.2, 0.25) is 0 Å². The first-order valence-electron chi connectivity index (χ1n) is 6.28. The molecular formula is C16H14N2O3. The van der Waals surface area contributed by atoms with Crippen LogP contribution in [-0.2, 0) is 4.79 Å². The van der Waals surface area contributed by atoms with Crippen LogP contribution in [0.1, 0.15) is 17.2 Å². The van der Waals surface area contributed by atoms with Gasteiger partial charge >= 0.3 is 5.97 Å². The lowest BCUT2D eigenvalue weighted by molar-refractivity contribution is -0.138. The molecule has 5 nitrogen and oxygen atoms in total. The van der Waals surface area contributed by atoms with Crippen molar-refractivity contribution in [2.24, 2.45) is 0 Å². The van der Waals surface area contributed by atoms with Gasteiger partial charge in [0.25, 0.3) is 0 Å². The molecule has 0 bridgehead atoms. The number of ether oxygens (including phenoxy) is 1. The number of nitrogens with one attached hydrogen (secondary N) is 1. The molecule has 0 saturated carbocycles. The Morgan fingerprint density at radius 3 is 2.57 bits per heavy atom. The van der Waals surface area contributed by atoms with Gasteiger partial charge in [0.05, 0.1) is 18.4 Å². The second-order valence-corrected chi connectivity index (χ2v) is 4.35. The minimum Gasteiger partial charge on any atom is -0.497 e. The number of anilines is 1. The van der Waals surface area contributed by atoms with Crippen LogP contribution in [0.4, 0.5) is 5.69 Å². The summed E-state index contributed by atoms with van der Waals surface area (Å²) in [7, 11) is 1.51. The van der Waals surface area contributed by atoms with E-state index in [0.717, 1.165) is 0 Å². The third-order valence-electron chi connectivity index (χ3n) is 3.03. The normalized spacial score (nSPS) is 11.2. The van der Waals surface area contributed by atoms with E-state index in [1.54, 1.807) is 42.5 Å². The predicted molar refractivity (Wildman–Crippen MR) is 78.2 cm³/mol. The van der Waals surface area contributed by atoms with Gasteiger partial charge in [-0.15, -0.1) is 0 Å². The van der Waals surface area contributed by atoms with Crippen molar-refractivity contribution in [3.8, 4) is 11.8 Å². The molecule has 1 unspecified atom stereocenters. The van der Waals surface area contributed by atoms with Crippen LogP contribution in [0.5, 0.6) is 5.75 Å². The summed E-state index contributed by atoms with van der Waals surface area (Å²) >= 11 is 0. The summed E-state index contributed by atoms with van der Waals surface area (Å²) in [6, 6.07) is 14.7. The van der Waals surface area contributed by atoms with Crippen molar-refractivity contribution in [2.75, 3.05) is 12.4 Å². The van der Waals surface area contributed by atoms with Gasteiger partial charge in [-0.1, -0.05) is 30.3 Å². The molecule has 0 saturated heterocycles. The van der Waals surface area contributed by atoms with Crippen LogP contribution in [0.15, 0.2) is 48.5 Å². The molecule has 0 spiro atoms. The predicted octanol–water partition coefficient (Wildman–Crippen LogP) is 2.80. The van der Waals surface area contributed by atoms with Crippen LogP contribution >= 0.6 is 0 Å². The molecule has 0 aliphatic carbocycles. The average molecular weight is 282 g/mol. The van der Waals surface area contributed by atoms with E-state index in [9.17, 15) is 9.90 Å². The molecule has 0 radical (unpaired) electrons. The Hall–Kier alpha value is -3.00. The molecule has 21 heavy (non-hydrogen) atoms. The lowest BCUT2D eigenvalue weighted by atomic mass is 10.1. The van der Waals surface area contributed by atoms with Gasteiger partial charge in [0.15, 0.2) is 6.04 Å². The topological polar surface area (TPSA) is 82.3 Å². The Morgan fingerprint density at radius 2 is 2.00 bits per heavy atom. The molecule has 0 heterocycles. The van der Waals surface area contributed by atoms with Gasteiger partial charge < -0.3 is 15.2 Å². The Morgan fingerprint density at radius 1 is 1.29 bits per heavy atom. The molecule has 0 amide bonds. The van der Waals surface area contributed by atoms with E-state index in [0.29, 0.717) is 22.6 Å². The lowest BCUT2D eigenvalue weighted by Gasteiger charge is -2.17. The zero-order chi connectivity index (χ0) is 15.2. The molecule has 2 rings (SSSR count). The standard InChI is InChI=1S/C16H14N2O3/c1-21-13-8-7-12(10-17)14(9-13)18-15(16(19)20)11-5-3-2-4-6-11/h2-9,15,18H,1H3,(H,19,20). The smallest absolute Gasteiger partial charge is 0.330 e. The Labute approximate surface area is 122 Å². The summed E-state index contributed by atoms with van der Waals surface area (Å²) in [5.74, 6) is -0.471. The maximum absolute atomic E-state index is 11.5. The highest BCUT2D eigenvalue weighted by Gasteiger charge is 2.20. The van der Waals surface area contributed by atoms with Crippen molar-refractivity contribution < 1.29 is 14.6 Å². The van der Waals surface area contributed by atoms with E-state index in [2.05, 4.69) is 5.32 Å². The maximum atomic E-state index is 11.5. The van der Waals surface area contributed by atoms with E-state index < -0.39 is 12.0 Å². The largest absolute Gasteiger partial charge is 0.497 e. The number of hydrogen-bond acceptors (Lipinski definition) is 4. The molecule has 0 fully saturated rings. The molecule has 106 valence electrons. The lowest BCUT2D eigenvalue weighted by Crippen LogP contribution is -2.21. The van der Waals surface area contributed by atoms with Crippen molar-refractivity contribution in [1.29, 1.82) is 5.26 Å². The van der Waals surface area contributed by atoms with Crippen LogP contribution in [0.25, 0.3) is 0 Å². The van der Waals surface area contributed by atoms with E-state index in [1.807, 2.05) is 12.1 Å². The maximum Gasteiger partial charge on any atom is 0.330 e. The van der Waals surface area contributed by atoms with Gasteiger partial charge in [-0.3, -0.25) is 0 Å². The van der Waals surface area contributed by atoms with E-state index in [4.69, 9.17) is 10.00 Å². The fourth-order valence-electron chi connectivity index (χ4n) is 1.96. The van der Waals surface area contributed by atoms with Crippen molar-refractivity contribution in [2.45, 2.75) is 6.04 Å². The zero-order valence-electron chi connectivity index (χ0n) is 11.4. The summed E-state index contributed by atoms with van der Waals surface area (Å²) in [4.78, 5) is 11.5. The number of carboxylic acid groups (broad SMARTS) is 1. The third kappa shape index (κ3) is 3.31. The minimum atomic E-state index is -1.02. The second kappa shape index (κ2) is 6.44. The number of aliphatic carboxylic acids is 1. The number of nitriles is 1. The van der Waals surface area contributed by atoms with E-state index in [1.165, 1.54) is 7.11 Å². The number of methoxy groups -OCH3 is 1. The average Bonchev–Trinajstić information content (AvgIpc) is 2.52. The zero-order valence-corrected chi connectivity index (χ0v) is 11.4. The number of nitrogens with zero attached hydrogens (tertiary/aromatic N) is 1. The Balaban J connectivity index is 2.38. The summed E-state index contributed by atoms with van der Waals surface area (Å²) in [6.07, 6.45) is 0. The molecular weight excluding hydrogens is 268 g/mol. The van der Waals surface area contributed by atoms with Crippen LogP contribution in [-0.4, -0.2) is 18.2 Å². The first-order chi connectivity index (χ1) is 10.2. The Kier molecular flexibility index (Phi) is 4.42. The van der Waals surface area contributed by atoms with Crippen molar-refractivity contribution in [3.05, 3.63) is 59.7 Å². The quantitative estimate of drug-likeness (QED) is 0.881. The van der Waals surface area contributed by atoms with Gasteiger partial charge in [0.1, 0.15) is 11.8 Å². The summed E-state index contributed by atoms with van der Waals surface area (Å²) in [5, 5.41) is 21.4. The second-order valence-electron chi connectivity index (χ2n) is 4.35. The van der Waals surface area contributed by atoms with Crippen LogP contribution in [0.3, 0.4) is 0 Å². The van der Waals surface area contributed by atoms with Crippen molar-refractivity contribution >= 4 is 11.7 Å². The Bertz CT molecular complexity index is 678. The summed E-state index contributed by atoms with van der Waals surface area (Å²) < 4.78 is 5.11. The van der Waals surface area contributed by atoms with Gasteiger partial charge in [-0.25, -0.2) is 4.79 Å². The number of carbonyl (C=O) groups is 1. The first kappa shape index (κ1) is 14.4. The molecule has 2 N–H and O–H groups in total. The number of benzene rings is 2. The van der Waals surface area contributed by atoms with E-state index in [-0.39, 0.29) is 0 Å². The van der Waals surface area contributed by atoms with Crippen molar-refractivity contribution in [1.82, 2.24) is 0 Å². The molecule has 5 heteroatoms. The summed E-state index contributed by atoms with van der Waals surface area (Å²) in [5.41, 5.74) is 1.39. The number of rotatable bonds is 5. The van der Waals surface area contributed by atoms with Gasteiger partial charge in [-0.05, 0) is 17.7 Å². The molecule has 0 aromatic heterocycles. The molecule has 1 atom stereocenters. The van der Waals surface area contributed by atoms with Crippen molar-refractivity contribution in [3.63, 3.8) is 0 Å². The molecule has 2 aromatic carbocycles. The molecule has 0 aliphatic rings. The third-order valence-corrected chi connectivity index (χ3v) is 3.03. The molecule has 2 aromatic rings. The van der Waals surface area contributed by atoms with E-state index >= 15 is 0 Å². The highest BCUT2D eigenvalue weighted by molar-refractivity contribution is 5.80. The van der Waals surface area contributed by atoms with Gasteiger partial charge in [0, 0.05) is 6.07 Å². The summed E-state index contributed by atoms with van der Waals surface area (Å²) in [6.45, 7) is 0. The minimum absolute atomic E-state index is 0.359. The fraction of sp³-hybridized carbons (Fsp3) is 0.125. The van der Waals surface area contributed by atoms with Crippen LogP contribution in [0, 0.1) is 11.3 Å². The highest BCUT2D eigenvalue weighted by atomic mass is 16.5.